The Morgan fingerprint density at radius 2 is 1.90 bits per heavy atom. The van der Waals surface area contributed by atoms with Crippen LogP contribution in [0.1, 0.15) is 46.0 Å². The Labute approximate surface area is 175 Å². The van der Waals surface area contributed by atoms with Gasteiger partial charge in [-0.15, -0.1) is 0 Å². The summed E-state index contributed by atoms with van der Waals surface area (Å²) in [4.78, 5) is 34.8. The van der Waals surface area contributed by atoms with Gasteiger partial charge in [0.2, 0.25) is 5.76 Å². The molecule has 11 heteroatoms. The summed E-state index contributed by atoms with van der Waals surface area (Å²) in [7, 11) is 0. The van der Waals surface area contributed by atoms with E-state index in [1.54, 1.807) is 6.92 Å². The fourth-order valence-electron chi connectivity index (χ4n) is 3.17. The molecule has 1 heterocycles. The monoisotopic (exact) mass is 431 g/mol. The molecule has 0 saturated heterocycles. The van der Waals surface area contributed by atoms with E-state index >= 15 is 0 Å². The normalized spacial score (nSPS) is 22.8. The first-order valence-electron chi connectivity index (χ1n) is 10.1. The van der Waals surface area contributed by atoms with Crippen molar-refractivity contribution < 1.29 is 39.2 Å². The zero-order valence-electron chi connectivity index (χ0n) is 17.4. The van der Waals surface area contributed by atoms with Crippen LogP contribution in [0.3, 0.4) is 0 Å². The maximum atomic E-state index is 12.3. The van der Waals surface area contributed by atoms with E-state index in [9.17, 15) is 24.6 Å². The van der Waals surface area contributed by atoms with Crippen molar-refractivity contribution in [1.82, 2.24) is 10.6 Å². The van der Waals surface area contributed by atoms with E-state index < -0.39 is 60.7 Å². The molecule has 0 radical (unpaired) electrons. The summed E-state index contributed by atoms with van der Waals surface area (Å²) in [6, 6.07) is -2.13. The minimum absolute atomic E-state index is 0.394. The van der Waals surface area contributed by atoms with Gasteiger partial charge in [0.1, 0.15) is 6.10 Å². The maximum Gasteiger partial charge on any atom is 0.407 e. The van der Waals surface area contributed by atoms with Gasteiger partial charge in [-0.3, -0.25) is 0 Å². The smallest absolute Gasteiger partial charge is 0.407 e. The van der Waals surface area contributed by atoms with Crippen LogP contribution >= 0.6 is 0 Å². The van der Waals surface area contributed by atoms with E-state index in [0.717, 1.165) is 38.2 Å². The number of unbranched alkanes of at least 4 members (excludes halogenated alkanes) is 4. The lowest BCUT2D eigenvalue weighted by Crippen LogP contribution is -2.62. The number of carbonyl (C=O) groups excluding carboxylic acids is 1. The maximum absolute atomic E-state index is 12.3. The van der Waals surface area contributed by atoms with E-state index in [1.807, 2.05) is 0 Å². The van der Waals surface area contributed by atoms with Gasteiger partial charge in [0.05, 0.1) is 12.1 Å². The predicted molar refractivity (Wildman–Crippen MR) is 107 cm³/mol. The van der Waals surface area contributed by atoms with Crippen molar-refractivity contribution in [3.05, 3.63) is 11.8 Å². The Bertz CT molecular complexity index is 613. The third-order valence-corrected chi connectivity index (χ3v) is 4.84. The molecule has 0 spiro atoms. The van der Waals surface area contributed by atoms with Crippen LogP contribution in [0.2, 0.25) is 0 Å². The number of amides is 2. The van der Waals surface area contributed by atoms with Crippen LogP contribution in [-0.4, -0.2) is 70.9 Å². The highest BCUT2D eigenvalue weighted by molar-refractivity contribution is 5.84. The number of hydrogen-bond donors (Lipinski definition) is 6. The molecule has 0 bridgehead atoms. The Morgan fingerprint density at radius 3 is 2.47 bits per heavy atom. The number of aliphatic carboxylic acids is 1. The van der Waals surface area contributed by atoms with E-state index in [0.29, 0.717) is 6.54 Å². The quantitative estimate of drug-likeness (QED) is 0.246. The van der Waals surface area contributed by atoms with Gasteiger partial charge in [0, 0.05) is 19.1 Å². The van der Waals surface area contributed by atoms with E-state index in [4.69, 9.17) is 20.3 Å². The molecule has 0 saturated carbocycles. The molecule has 1 aliphatic rings. The third kappa shape index (κ3) is 8.07. The van der Waals surface area contributed by atoms with Crippen molar-refractivity contribution in [2.24, 2.45) is 11.7 Å². The lowest BCUT2D eigenvalue weighted by molar-refractivity contribution is -0.142. The molecule has 0 aromatic carbocycles. The van der Waals surface area contributed by atoms with Crippen molar-refractivity contribution in [3.8, 4) is 0 Å². The zero-order chi connectivity index (χ0) is 22.7. The van der Waals surface area contributed by atoms with E-state index in [-0.39, 0.29) is 0 Å². The summed E-state index contributed by atoms with van der Waals surface area (Å²) in [5, 5.41) is 32.7. The van der Waals surface area contributed by atoms with Gasteiger partial charge in [0.25, 0.3) is 0 Å². The molecule has 11 nitrogen and oxygen atoms in total. The number of alkyl carbamates (subject to hydrolysis) is 1. The first kappa shape index (κ1) is 25.5. The summed E-state index contributed by atoms with van der Waals surface area (Å²) < 4.78 is 10.8. The topological polar surface area (TPSA) is 180 Å². The minimum Gasteiger partial charge on any atom is -0.477 e. The van der Waals surface area contributed by atoms with E-state index in [2.05, 4.69) is 17.6 Å². The van der Waals surface area contributed by atoms with Crippen LogP contribution in [0.25, 0.3) is 0 Å². The Hall–Kier alpha value is -2.53. The van der Waals surface area contributed by atoms with Crippen molar-refractivity contribution in [1.29, 1.82) is 0 Å². The number of nitrogens with one attached hydrogen (secondary N) is 2. The molecule has 30 heavy (non-hydrogen) atoms. The van der Waals surface area contributed by atoms with Gasteiger partial charge < -0.3 is 41.2 Å². The van der Waals surface area contributed by atoms with Crippen molar-refractivity contribution >= 4 is 18.2 Å². The molecule has 0 fully saturated rings. The van der Waals surface area contributed by atoms with Crippen LogP contribution in [-0.2, 0) is 14.3 Å². The molecule has 0 aliphatic carbocycles. The van der Waals surface area contributed by atoms with Crippen LogP contribution in [0, 0.1) is 5.92 Å². The molecule has 0 aromatic rings. The number of rotatable bonds is 12. The summed E-state index contributed by atoms with van der Waals surface area (Å²) >= 11 is 0. The first-order valence-corrected chi connectivity index (χ1v) is 10.1. The van der Waals surface area contributed by atoms with Crippen LogP contribution < -0.4 is 16.4 Å². The number of ether oxygens (including phenoxy) is 2. The van der Waals surface area contributed by atoms with Crippen LogP contribution in [0.5, 0.6) is 0 Å². The van der Waals surface area contributed by atoms with Crippen LogP contribution in [0.4, 0.5) is 9.59 Å². The fraction of sp³-hybridized carbons (Fsp3) is 0.737. The van der Waals surface area contributed by atoms with Crippen LogP contribution in [0.15, 0.2) is 11.8 Å². The minimum atomic E-state index is -1.40. The van der Waals surface area contributed by atoms with Crippen molar-refractivity contribution in [2.75, 3.05) is 13.2 Å². The molecule has 7 N–H and O–H groups in total. The van der Waals surface area contributed by atoms with Gasteiger partial charge in [-0.25, -0.2) is 14.4 Å². The Balaban J connectivity index is 2.89. The summed E-state index contributed by atoms with van der Waals surface area (Å²) in [6.45, 7) is 3.66. The summed E-state index contributed by atoms with van der Waals surface area (Å²) in [6.07, 6.45) is 1.55. The molecule has 1 aliphatic heterocycles. The first-order chi connectivity index (χ1) is 14.2. The second kappa shape index (κ2) is 12.9. The highest BCUT2D eigenvalue weighted by atomic mass is 16.6. The molecule has 0 aromatic heterocycles. The molecule has 0 unspecified atom stereocenters. The largest absolute Gasteiger partial charge is 0.477 e. The molecule has 5 atom stereocenters. The number of nitrogens with two attached hydrogens (primary N) is 1. The summed E-state index contributed by atoms with van der Waals surface area (Å²) in [5.41, 5.74) is 5.93. The SMILES string of the molecule is CCCCCCCNC(=O)O[C@@H]([C@@H]1OC(C(=O)O)=C[C@H](N)[C@H]1NC(=O)O)[C@H](C)CO. The fourth-order valence-corrected chi connectivity index (χ4v) is 3.17. The standard InChI is InChI=1S/C19H33N3O8/c1-3-4-5-6-7-8-21-19(28)30-15(11(2)10-23)16-14(22-18(26)27)12(20)9-13(29-16)17(24)25/h9,11-12,14-16,22-23H,3-8,10,20H2,1-2H3,(H,21,28)(H,24,25)(H,26,27)/t11-,12+,14-,15-,16-/m1/s1. The van der Waals surface area contributed by atoms with Gasteiger partial charge in [-0.1, -0.05) is 39.5 Å². The van der Waals surface area contributed by atoms with Gasteiger partial charge in [-0.05, 0) is 12.5 Å². The third-order valence-electron chi connectivity index (χ3n) is 4.84. The van der Waals surface area contributed by atoms with E-state index in [1.165, 1.54) is 0 Å². The molecule has 2 amide bonds. The van der Waals surface area contributed by atoms with Gasteiger partial charge in [0.15, 0.2) is 6.10 Å². The average Bonchev–Trinajstić information content (AvgIpc) is 2.69. The number of carboxylic acid groups (broad SMARTS) is 2. The lowest BCUT2D eigenvalue weighted by atomic mass is 9.89. The number of carboxylic acids is 1. The Morgan fingerprint density at radius 1 is 1.23 bits per heavy atom. The van der Waals surface area contributed by atoms with Crippen molar-refractivity contribution in [2.45, 2.75) is 70.2 Å². The lowest BCUT2D eigenvalue weighted by Gasteiger charge is -2.40. The van der Waals surface area contributed by atoms with Gasteiger partial charge >= 0.3 is 18.2 Å². The second-order valence-electron chi connectivity index (χ2n) is 7.34. The summed E-state index contributed by atoms with van der Waals surface area (Å²) in [5.74, 6) is -2.55. The second-order valence-corrected chi connectivity index (χ2v) is 7.34. The highest BCUT2D eigenvalue weighted by Crippen LogP contribution is 2.26. The Kier molecular flexibility index (Phi) is 11.0. The molecule has 1 rings (SSSR count). The molecular formula is C19H33N3O8. The molecular weight excluding hydrogens is 398 g/mol. The van der Waals surface area contributed by atoms with Gasteiger partial charge in [-0.2, -0.15) is 0 Å². The van der Waals surface area contributed by atoms with Crippen molar-refractivity contribution in [3.63, 3.8) is 0 Å². The average molecular weight is 431 g/mol. The number of carbonyl (C=O) groups is 3. The number of aliphatic hydroxyl groups excluding tert-OH is 1. The predicted octanol–water partition coefficient (Wildman–Crippen LogP) is 1.01. The number of aliphatic hydroxyl groups is 1. The highest BCUT2D eigenvalue weighted by Gasteiger charge is 2.44. The zero-order valence-corrected chi connectivity index (χ0v) is 17.4. The number of hydrogen-bond acceptors (Lipinski definition) is 7. The molecule has 172 valence electrons.